The van der Waals surface area contributed by atoms with Crippen LogP contribution in [0.5, 0.6) is 5.75 Å². The third-order valence-corrected chi connectivity index (χ3v) is 7.12. The molecule has 0 spiro atoms. The molecule has 2 aliphatic carbocycles. The lowest BCUT2D eigenvalue weighted by Gasteiger charge is -2.25. The number of carbonyl (C=O) groups is 1. The highest BCUT2D eigenvalue weighted by Crippen LogP contribution is 2.52. The summed E-state index contributed by atoms with van der Waals surface area (Å²) in [7, 11) is 0. The molecule has 1 aliphatic heterocycles. The number of likely N-dealkylation sites (tertiary alicyclic amines) is 1. The van der Waals surface area contributed by atoms with Gasteiger partial charge in [-0.25, -0.2) is 4.98 Å². The Hall–Kier alpha value is -2.13. The van der Waals surface area contributed by atoms with Crippen LogP contribution in [-0.2, 0) is 6.54 Å². The topological polar surface area (TPSA) is 45.7 Å². The number of ether oxygens (including phenoxy) is 1. The van der Waals surface area contributed by atoms with E-state index in [9.17, 15) is 18.0 Å². The van der Waals surface area contributed by atoms with Gasteiger partial charge in [0, 0.05) is 38.1 Å². The zero-order valence-corrected chi connectivity index (χ0v) is 17.7. The van der Waals surface area contributed by atoms with Crippen molar-refractivity contribution in [3.63, 3.8) is 0 Å². The lowest BCUT2D eigenvalue weighted by molar-refractivity contribution is -0.274. The largest absolute Gasteiger partial charge is 0.573 e. The van der Waals surface area contributed by atoms with Gasteiger partial charge in [0.05, 0.1) is 5.51 Å². The molecule has 9 heteroatoms. The van der Waals surface area contributed by atoms with Gasteiger partial charge in [-0.1, -0.05) is 12.1 Å². The van der Waals surface area contributed by atoms with E-state index in [-0.39, 0.29) is 18.2 Å². The Bertz CT molecular complexity index is 920. The van der Waals surface area contributed by atoms with E-state index in [0.717, 1.165) is 19.0 Å². The normalized spacial score (nSPS) is 25.3. The van der Waals surface area contributed by atoms with Crippen LogP contribution in [0.2, 0.25) is 0 Å². The number of amides is 1. The fourth-order valence-electron chi connectivity index (χ4n) is 4.84. The molecule has 1 aromatic carbocycles. The van der Waals surface area contributed by atoms with Crippen molar-refractivity contribution in [2.24, 2.45) is 23.7 Å². The number of halogens is 3. The summed E-state index contributed by atoms with van der Waals surface area (Å²) in [5.74, 6) is 2.11. The number of fused-ring (bicyclic) bond motifs is 1. The predicted octanol–water partition coefficient (Wildman–Crippen LogP) is 4.27. The Morgan fingerprint density at radius 3 is 2.68 bits per heavy atom. The number of aromatic nitrogens is 1. The van der Waals surface area contributed by atoms with Crippen LogP contribution >= 0.6 is 11.3 Å². The highest BCUT2D eigenvalue weighted by Gasteiger charge is 2.56. The summed E-state index contributed by atoms with van der Waals surface area (Å²) in [6, 6.07) is 5.85. The Morgan fingerprint density at radius 1 is 1.26 bits per heavy atom. The molecule has 1 saturated heterocycles. The first-order valence-corrected chi connectivity index (χ1v) is 11.5. The van der Waals surface area contributed by atoms with Crippen molar-refractivity contribution in [3.8, 4) is 5.75 Å². The number of nitrogens with zero attached hydrogens (tertiary/aromatic N) is 3. The summed E-state index contributed by atoms with van der Waals surface area (Å²) in [6.45, 7) is 4.23. The molecular formula is C22H24F3N3O2S. The van der Waals surface area contributed by atoms with E-state index in [1.807, 2.05) is 0 Å². The van der Waals surface area contributed by atoms with Gasteiger partial charge in [-0.3, -0.25) is 4.79 Å². The van der Waals surface area contributed by atoms with Crippen molar-refractivity contribution in [2.75, 3.05) is 26.2 Å². The van der Waals surface area contributed by atoms with E-state index >= 15 is 0 Å². The van der Waals surface area contributed by atoms with E-state index < -0.39 is 6.36 Å². The van der Waals surface area contributed by atoms with Crippen molar-refractivity contribution in [3.05, 3.63) is 46.4 Å². The van der Waals surface area contributed by atoms with Crippen LogP contribution in [0, 0.1) is 23.7 Å². The molecule has 1 amide bonds. The molecule has 2 saturated carbocycles. The molecule has 3 fully saturated rings. The maximum absolute atomic E-state index is 13.1. The van der Waals surface area contributed by atoms with Gasteiger partial charge in [-0.05, 0) is 54.2 Å². The molecule has 31 heavy (non-hydrogen) atoms. The minimum Gasteiger partial charge on any atom is -0.406 e. The standard InChI is InChI=1S/C22H24F3N3O2S/c23-22(24,25)30-16-3-1-2-15(6-16)8-28(21(29)20-12-31-13-26-20)11-19-17-9-27(10-18(17)19)7-14-4-5-14/h1-3,6,12-14,17-19H,4-5,7-11H2. The number of hydrogen-bond donors (Lipinski definition) is 0. The molecule has 166 valence electrons. The first-order valence-electron chi connectivity index (χ1n) is 10.6. The van der Waals surface area contributed by atoms with Crippen LogP contribution < -0.4 is 4.74 Å². The molecule has 2 heterocycles. The summed E-state index contributed by atoms with van der Waals surface area (Å²) < 4.78 is 41.8. The number of hydrogen-bond acceptors (Lipinski definition) is 5. The first-order chi connectivity index (χ1) is 14.9. The fourth-order valence-corrected chi connectivity index (χ4v) is 5.36. The van der Waals surface area contributed by atoms with Gasteiger partial charge in [0.2, 0.25) is 0 Å². The lowest BCUT2D eigenvalue weighted by Crippen LogP contribution is -2.35. The van der Waals surface area contributed by atoms with Crippen LogP contribution in [0.3, 0.4) is 0 Å². The molecule has 2 aromatic rings. The van der Waals surface area contributed by atoms with Crippen LogP contribution in [0.1, 0.15) is 28.9 Å². The van der Waals surface area contributed by atoms with Gasteiger partial charge in [-0.15, -0.1) is 24.5 Å². The number of thiazole rings is 1. The maximum atomic E-state index is 13.1. The molecule has 2 unspecified atom stereocenters. The average molecular weight is 452 g/mol. The van der Waals surface area contributed by atoms with Gasteiger partial charge < -0.3 is 14.5 Å². The second-order valence-electron chi connectivity index (χ2n) is 8.91. The van der Waals surface area contributed by atoms with E-state index in [1.54, 1.807) is 21.9 Å². The SMILES string of the molecule is O=C(c1cscn1)N(Cc1cccc(OC(F)(F)F)c1)CC1C2CN(CC3CC3)CC21. The average Bonchev–Trinajstić information content (AvgIpc) is 3.47. The Balaban J connectivity index is 1.26. The summed E-state index contributed by atoms with van der Waals surface area (Å²) in [5.41, 5.74) is 2.60. The number of piperidine rings is 1. The van der Waals surface area contributed by atoms with Crippen molar-refractivity contribution in [1.29, 1.82) is 0 Å². The zero-order valence-electron chi connectivity index (χ0n) is 16.9. The van der Waals surface area contributed by atoms with Gasteiger partial charge >= 0.3 is 6.36 Å². The summed E-state index contributed by atoms with van der Waals surface area (Å²) in [5, 5.41) is 1.71. The van der Waals surface area contributed by atoms with Crippen molar-refractivity contribution in [2.45, 2.75) is 25.7 Å². The molecule has 2 atom stereocenters. The zero-order chi connectivity index (χ0) is 21.6. The second-order valence-corrected chi connectivity index (χ2v) is 9.63. The van der Waals surface area contributed by atoms with Gasteiger partial charge in [-0.2, -0.15) is 0 Å². The summed E-state index contributed by atoms with van der Waals surface area (Å²) in [4.78, 5) is 21.5. The first kappa shape index (κ1) is 20.8. The van der Waals surface area contributed by atoms with Gasteiger partial charge in [0.15, 0.2) is 0 Å². The molecule has 5 rings (SSSR count). The van der Waals surface area contributed by atoms with E-state index in [2.05, 4.69) is 14.6 Å². The highest BCUT2D eigenvalue weighted by molar-refractivity contribution is 7.07. The molecule has 0 radical (unpaired) electrons. The smallest absolute Gasteiger partial charge is 0.406 e. The number of benzene rings is 1. The molecular weight excluding hydrogens is 427 g/mol. The van der Waals surface area contributed by atoms with Crippen molar-refractivity contribution >= 4 is 17.2 Å². The highest BCUT2D eigenvalue weighted by atomic mass is 32.1. The molecule has 0 N–H and O–H groups in total. The van der Waals surface area contributed by atoms with E-state index in [1.165, 1.54) is 48.9 Å². The number of alkyl halides is 3. The summed E-state index contributed by atoms with van der Waals surface area (Å²) >= 11 is 1.35. The monoisotopic (exact) mass is 451 g/mol. The maximum Gasteiger partial charge on any atom is 0.573 e. The third-order valence-electron chi connectivity index (χ3n) is 6.54. The van der Waals surface area contributed by atoms with Gasteiger partial charge in [0.1, 0.15) is 11.4 Å². The molecule has 0 bridgehead atoms. The minimum atomic E-state index is -4.74. The second kappa shape index (κ2) is 8.09. The van der Waals surface area contributed by atoms with Crippen LogP contribution in [0.25, 0.3) is 0 Å². The van der Waals surface area contributed by atoms with Crippen molar-refractivity contribution in [1.82, 2.24) is 14.8 Å². The van der Waals surface area contributed by atoms with E-state index in [0.29, 0.717) is 35.6 Å². The lowest BCUT2D eigenvalue weighted by atomic mass is 10.1. The predicted molar refractivity (Wildman–Crippen MR) is 110 cm³/mol. The molecule has 5 nitrogen and oxygen atoms in total. The molecule has 1 aromatic heterocycles. The van der Waals surface area contributed by atoms with E-state index in [4.69, 9.17) is 0 Å². The van der Waals surface area contributed by atoms with Crippen LogP contribution in [-0.4, -0.2) is 53.2 Å². The van der Waals surface area contributed by atoms with Crippen LogP contribution in [0.4, 0.5) is 13.2 Å². The van der Waals surface area contributed by atoms with Crippen molar-refractivity contribution < 1.29 is 22.7 Å². The third kappa shape index (κ3) is 5.03. The quantitative estimate of drug-likeness (QED) is 0.601. The Kier molecular flexibility index (Phi) is 5.42. The number of carbonyl (C=O) groups excluding carboxylic acids is 1. The van der Waals surface area contributed by atoms with Crippen LogP contribution in [0.15, 0.2) is 35.2 Å². The fraction of sp³-hybridized carbons (Fsp3) is 0.545. The van der Waals surface area contributed by atoms with Gasteiger partial charge in [0.25, 0.3) is 5.91 Å². The summed E-state index contributed by atoms with van der Waals surface area (Å²) in [6.07, 6.45) is -2.04. The minimum absolute atomic E-state index is 0.178. The Morgan fingerprint density at radius 2 is 2.03 bits per heavy atom. The Labute approximate surface area is 182 Å². The number of rotatable bonds is 8. The molecule has 3 aliphatic rings.